The van der Waals surface area contributed by atoms with Gasteiger partial charge in [-0.15, -0.1) is 0 Å². The molecule has 0 radical (unpaired) electrons. The number of aromatic nitrogens is 4. The van der Waals surface area contributed by atoms with Crippen molar-refractivity contribution in [2.24, 2.45) is 0 Å². The predicted octanol–water partition coefficient (Wildman–Crippen LogP) is 5.99. The summed E-state index contributed by atoms with van der Waals surface area (Å²) in [5.74, 6) is 0.877. The highest BCUT2D eigenvalue weighted by Gasteiger charge is 2.33. The lowest BCUT2D eigenvalue weighted by molar-refractivity contribution is -0.137. The molecule has 1 aliphatic heterocycles. The fourth-order valence-corrected chi connectivity index (χ4v) is 5.04. The molecular weight excluding hydrogens is 545 g/mol. The number of alkyl halides is 3. The highest BCUT2D eigenvalue weighted by molar-refractivity contribution is 5.98. The standard InChI is InChI=1S/C31H33F3N6O2/c1-4-24-17-29(36-18-35-24)40-30(11-20(3)38-40)37-27-12-21(6-5-19(27)2)13-28(42)22-14-23(31(32,33)34)16-25(15-22)39-9-7-26(41)8-10-39/h5-6,11-12,14-18,26,37,41H,4,7-10,13H2,1-3H3. The molecule has 0 spiro atoms. The summed E-state index contributed by atoms with van der Waals surface area (Å²) in [6.07, 6.45) is -1.94. The van der Waals surface area contributed by atoms with Crippen molar-refractivity contribution in [3.05, 3.63) is 88.5 Å². The Hall–Kier alpha value is -4.25. The van der Waals surface area contributed by atoms with E-state index in [0.717, 1.165) is 41.2 Å². The van der Waals surface area contributed by atoms with E-state index in [2.05, 4.69) is 20.4 Å². The Bertz CT molecular complexity index is 1590. The van der Waals surface area contributed by atoms with Gasteiger partial charge in [-0.3, -0.25) is 4.79 Å². The third-order valence-corrected chi connectivity index (χ3v) is 7.45. The van der Waals surface area contributed by atoms with Crippen LogP contribution in [-0.2, 0) is 19.0 Å². The zero-order chi connectivity index (χ0) is 30.0. The van der Waals surface area contributed by atoms with Gasteiger partial charge in [0.05, 0.1) is 17.4 Å². The van der Waals surface area contributed by atoms with Crippen LogP contribution in [0.15, 0.2) is 54.9 Å². The Labute approximate surface area is 242 Å². The maximum Gasteiger partial charge on any atom is 0.416 e. The van der Waals surface area contributed by atoms with Crippen molar-refractivity contribution < 1.29 is 23.1 Å². The lowest BCUT2D eigenvalue weighted by atomic mass is 9.98. The van der Waals surface area contributed by atoms with Gasteiger partial charge in [0.15, 0.2) is 11.6 Å². The molecule has 2 aromatic carbocycles. The number of anilines is 3. The molecule has 1 saturated heterocycles. The van der Waals surface area contributed by atoms with E-state index in [1.807, 2.05) is 45.0 Å². The van der Waals surface area contributed by atoms with E-state index in [1.54, 1.807) is 15.6 Å². The van der Waals surface area contributed by atoms with Gasteiger partial charge >= 0.3 is 6.18 Å². The lowest BCUT2D eigenvalue weighted by Gasteiger charge is -2.32. The summed E-state index contributed by atoms with van der Waals surface area (Å²) in [5, 5.41) is 17.8. The van der Waals surface area contributed by atoms with E-state index in [4.69, 9.17) is 0 Å². The Morgan fingerprint density at radius 1 is 1.05 bits per heavy atom. The molecule has 2 aromatic heterocycles. The molecule has 42 heavy (non-hydrogen) atoms. The van der Waals surface area contributed by atoms with Gasteiger partial charge in [-0.2, -0.15) is 23.0 Å². The zero-order valence-corrected chi connectivity index (χ0v) is 23.7. The quantitative estimate of drug-likeness (QED) is 0.248. The highest BCUT2D eigenvalue weighted by Crippen LogP contribution is 2.34. The van der Waals surface area contributed by atoms with Crippen molar-refractivity contribution in [2.45, 2.75) is 58.7 Å². The molecule has 0 aliphatic carbocycles. The topological polar surface area (TPSA) is 96.2 Å². The minimum Gasteiger partial charge on any atom is -0.393 e. The number of nitrogens with one attached hydrogen (secondary N) is 1. The maximum atomic E-state index is 13.8. The summed E-state index contributed by atoms with van der Waals surface area (Å²) in [4.78, 5) is 23.8. The largest absolute Gasteiger partial charge is 0.416 e. The second-order valence-corrected chi connectivity index (χ2v) is 10.7. The van der Waals surface area contributed by atoms with E-state index < -0.39 is 23.6 Å². The minimum atomic E-state index is -4.59. The first kappa shape index (κ1) is 29.2. The number of benzene rings is 2. The van der Waals surface area contributed by atoms with E-state index in [0.29, 0.717) is 48.8 Å². The third kappa shape index (κ3) is 6.62. The average Bonchev–Trinajstić information content (AvgIpc) is 3.34. The fraction of sp³-hybridized carbons (Fsp3) is 0.355. The van der Waals surface area contributed by atoms with Crippen LogP contribution in [0.1, 0.15) is 58.2 Å². The normalized spacial score (nSPS) is 14.3. The summed E-state index contributed by atoms with van der Waals surface area (Å²) in [6.45, 7) is 6.66. The lowest BCUT2D eigenvalue weighted by Crippen LogP contribution is -2.36. The van der Waals surface area contributed by atoms with Gasteiger partial charge in [0, 0.05) is 54.3 Å². The number of piperidine rings is 1. The molecule has 4 aromatic rings. The van der Waals surface area contributed by atoms with Gasteiger partial charge in [-0.1, -0.05) is 19.1 Å². The van der Waals surface area contributed by atoms with Gasteiger partial charge in [-0.25, -0.2) is 9.97 Å². The number of halogens is 3. The highest BCUT2D eigenvalue weighted by atomic mass is 19.4. The van der Waals surface area contributed by atoms with E-state index in [1.165, 1.54) is 12.4 Å². The second kappa shape index (κ2) is 11.9. The van der Waals surface area contributed by atoms with Gasteiger partial charge in [0.25, 0.3) is 0 Å². The number of ketones is 1. The molecule has 1 fully saturated rings. The molecule has 5 rings (SSSR count). The van der Waals surface area contributed by atoms with Crippen LogP contribution in [0.25, 0.3) is 5.82 Å². The predicted molar refractivity (Wildman–Crippen MR) is 155 cm³/mol. The first-order valence-electron chi connectivity index (χ1n) is 13.9. The minimum absolute atomic E-state index is 0.00484. The molecular formula is C31H33F3N6O2. The van der Waals surface area contributed by atoms with Crippen LogP contribution in [0.2, 0.25) is 0 Å². The zero-order valence-electron chi connectivity index (χ0n) is 23.7. The van der Waals surface area contributed by atoms with Crippen LogP contribution in [0.3, 0.4) is 0 Å². The van der Waals surface area contributed by atoms with Crippen LogP contribution in [-0.4, -0.2) is 49.8 Å². The van der Waals surface area contributed by atoms with Gasteiger partial charge in [-0.05, 0) is 68.5 Å². The number of nitrogens with zero attached hydrogens (tertiary/aromatic N) is 5. The van der Waals surface area contributed by atoms with Gasteiger partial charge in [0.1, 0.15) is 12.1 Å². The Morgan fingerprint density at radius 2 is 1.81 bits per heavy atom. The number of hydrogen-bond donors (Lipinski definition) is 2. The molecule has 11 heteroatoms. The summed E-state index contributed by atoms with van der Waals surface area (Å²) < 4.78 is 43.0. The smallest absolute Gasteiger partial charge is 0.393 e. The molecule has 1 aliphatic rings. The number of Topliss-reactive ketones (excluding diaryl/α,β-unsaturated/α-hetero) is 1. The molecule has 0 unspecified atom stereocenters. The van der Waals surface area contributed by atoms with Crippen molar-refractivity contribution in [1.29, 1.82) is 0 Å². The SMILES string of the molecule is CCc1cc(-n2nc(C)cc2Nc2cc(CC(=O)c3cc(N4CCC(O)CC4)cc(C(F)(F)F)c3)ccc2C)ncn1. The van der Waals surface area contributed by atoms with Gasteiger partial charge < -0.3 is 15.3 Å². The van der Waals surface area contributed by atoms with Crippen LogP contribution >= 0.6 is 0 Å². The van der Waals surface area contributed by atoms with Gasteiger partial charge in [0.2, 0.25) is 0 Å². The van der Waals surface area contributed by atoms with Crippen molar-refractivity contribution in [3.8, 4) is 5.82 Å². The molecule has 2 N–H and O–H groups in total. The molecule has 0 saturated carbocycles. The van der Waals surface area contributed by atoms with E-state index in [-0.39, 0.29) is 12.0 Å². The Kier molecular flexibility index (Phi) is 8.31. The van der Waals surface area contributed by atoms with Crippen LogP contribution in [0.4, 0.5) is 30.4 Å². The first-order valence-corrected chi connectivity index (χ1v) is 13.9. The Balaban J connectivity index is 1.40. The number of carbonyl (C=O) groups is 1. The fourth-order valence-electron chi connectivity index (χ4n) is 5.04. The number of aryl methyl sites for hydroxylation is 3. The van der Waals surface area contributed by atoms with Crippen molar-refractivity contribution in [1.82, 2.24) is 19.7 Å². The number of rotatable bonds is 8. The average molecular weight is 579 g/mol. The molecule has 3 heterocycles. The van der Waals surface area contributed by atoms with Crippen molar-refractivity contribution >= 4 is 23.0 Å². The molecule has 0 amide bonds. The van der Waals surface area contributed by atoms with Crippen LogP contribution < -0.4 is 10.2 Å². The van der Waals surface area contributed by atoms with E-state index >= 15 is 0 Å². The number of carbonyl (C=O) groups excluding carboxylic acids is 1. The number of aliphatic hydroxyl groups excluding tert-OH is 1. The first-order chi connectivity index (χ1) is 20.0. The van der Waals surface area contributed by atoms with E-state index in [9.17, 15) is 23.1 Å². The summed E-state index contributed by atoms with van der Waals surface area (Å²) in [6, 6.07) is 12.8. The number of hydrogen-bond acceptors (Lipinski definition) is 7. The molecule has 220 valence electrons. The van der Waals surface area contributed by atoms with Crippen molar-refractivity contribution in [3.63, 3.8) is 0 Å². The molecule has 0 bridgehead atoms. The molecule has 8 nitrogen and oxygen atoms in total. The summed E-state index contributed by atoms with van der Waals surface area (Å²) in [7, 11) is 0. The summed E-state index contributed by atoms with van der Waals surface area (Å²) in [5.41, 5.74) is 3.46. The monoisotopic (exact) mass is 578 g/mol. The Morgan fingerprint density at radius 3 is 2.52 bits per heavy atom. The second-order valence-electron chi connectivity index (χ2n) is 10.7. The van der Waals surface area contributed by atoms with Crippen molar-refractivity contribution in [2.75, 3.05) is 23.3 Å². The summed E-state index contributed by atoms with van der Waals surface area (Å²) >= 11 is 0. The van der Waals surface area contributed by atoms with Crippen LogP contribution in [0, 0.1) is 13.8 Å². The maximum absolute atomic E-state index is 13.8. The molecule has 0 atom stereocenters. The van der Waals surface area contributed by atoms with Crippen LogP contribution in [0.5, 0.6) is 0 Å². The third-order valence-electron chi connectivity index (χ3n) is 7.45. The number of aliphatic hydroxyl groups is 1.